The second kappa shape index (κ2) is 3.08. The molecule has 0 radical (unpaired) electrons. The van der Waals surface area contributed by atoms with Crippen molar-refractivity contribution < 1.29 is 22.7 Å². The van der Waals surface area contributed by atoms with Gasteiger partial charge < -0.3 is 0 Å². The lowest BCUT2D eigenvalue weighted by atomic mass is 11.3. The van der Waals surface area contributed by atoms with E-state index in [1.807, 2.05) is 0 Å². The molecule has 5 nitrogen and oxygen atoms in total. The number of rotatable bonds is 0. The van der Waals surface area contributed by atoms with Crippen molar-refractivity contribution in [1.29, 1.82) is 0 Å². The molecule has 46 valence electrons. The summed E-state index contributed by atoms with van der Waals surface area (Å²) in [5.41, 5.74) is 0. The second-order valence-corrected chi connectivity index (χ2v) is 1.27. The van der Waals surface area contributed by atoms with Gasteiger partial charge in [0.1, 0.15) is 0 Å². The van der Waals surface area contributed by atoms with Gasteiger partial charge in [0.2, 0.25) is 0 Å². The van der Waals surface area contributed by atoms with Crippen molar-refractivity contribution >= 4 is 16.6 Å². The SMILES string of the molecule is O=C(N=S(=O)=O)OF. The molecule has 0 fully saturated rings. The quantitative estimate of drug-likeness (QED) is 0.478. The first kappa shape index (κ1) is 7.02. The number of carbonyl (C=O) groups is 1. The minimum absolute atomic E-state index is 1.78. The standard InChI is InChI=1S/CFNO4S/c2-7-1(4)3-8(5)6. The van der Waals surface area contributed by atoms with E-state index in [0.717, 1.165) is 0 Å². The first-order valence-corrected chi connectivity index (χ1v) is 2.33. The fraction of sp³-hybridized carbons (Fsp3) is 0. The van der Waals surface area contributed by atoms with Gasteiger partial charge in [-0.2, -0.15) is 8.42 Å². The molecule has 0 N–H and O–H groups in total. The second-order valence-electron chi connectivity index (χ2n) is 0.651. The largest absolute Gasteiger partial charge is 0.485 e. The van der Waals surface area contributed by atoms with Gasteiger partial charge in [-0.25, -0.2) is 9.74 Å². The molecule has 0 saturated heterocycles. The van der Waals surface area contributed by atoms with Crippen molar-refractivity contribution in [2.75, 3.05) is 0 Å². The van der Waals surface area contributed by atoms with Crippen LogP contribution in [0.25, 0.3) is 0 Å². The normalized spacial score (nSPS) is 7.62. The highest BCUT2D eigenvalue weighted by Gasteiger charge is 1.95. The van der Waals surface area contributed by atoms with Crippen LogP contribution in [-0.2, 0) is 15.4 Å². The Morgan fingerprint density at radius 1 is 1.62 bits per heavy atom. The Hall–Kier alpha value is -0.980. The molecule has 0 aromatic carbocycles. The average Bonchev–Trinajstić information content (AvgIpc) is 1.65. The van der Waals surface area contributed by atoms with Crippen molar-refractivity contribution in [2.45, 2.75) is 0 Å². The van der Waals surface area contributed by atoms with Gasteiger partial charge in [0.25, 0.3) is 0 Å². The summed E-state index contributed by atoms with van der Waals surface area (Å²) < 4.78 is 31.3. The highest BCUT2D eigenvalue weighted by molar-refractivity contribution is 7.62. The van der Waals surface area contributed by atoms with Gasteiger partial charge in [-0.05, 0) is 0 Å². The van der Waals surface area contributed by atoms with E-state index < -0.39 is 16.6 Å². The topological polar surface area (TPSA) is 72.8 Å². The van der Waals surface area contributed by atoms with Gasteiger partial charge in [-0.15, -0.1) is 0 Å². The monoisotopic (exact) mass is 141 g/mol. The summed E-state index contributed by atoms with van der Waals surface area (Å²) in [6.45, 7) is 0. The third kappa shape index (κ3) is 3.22. The van der Waals surface area contributed by atoms with Gasteiger partial charge in [-0.1, -0.05) is 4.36 Å². The predicted molar refractivity (Wildman–Crippen MR) is 18.9 cm³/mol. The maximum absolute atomic E-state index is 10.5. The summed E-state index contributed by atoms with van der Waals surface area (Å²) in [6, 6.07) is 0. The Bertz CT molecular complexity index is 196. The lowest BCUT2D eigenvalue weighted by molar-refractivity contribution is -0.0566. The molecule has 0 aliphatic heterocycles. The van der Waals surface area contributed by atoms with Crippen molar-refractivity contribution in [3.05, 3.63) is 0 Å². The van der Waals surface area contributed by atoms with E-state index in [2.05, 4.69) is 9.30 Å². The number of hydrogen-bond acceptors (Lipinski definition) is 4. The molecule has 7 heteroatoms. The van der Waals surface area contributed by atoms with Crippen molar-refractivity contribution in [2.24, 2.45) is 4.36 Å². The maximum atomic E-state index is 10.5. The van der Waals surface area contributed by atoms with Crippen molar-refractivity contribution in [1.82, 2.24) is 0 Å². The molecule has 0 saturated carbocycles. The first-order chi connectivity index (χ1) is 3.66. The first-order valence-electron chi connectivity index (χ1n) is 1.30. The molecule has 0 aliphatic carbocycles. The molecule has 0 bridgehead atoms. The Kier molecular flexibility index (Phi) is 2.70. The molecule has 0 atom stereocenters. The van der Waals surface area contributed by atoms with Gasteiger partial charge >= 0.3 is 16.6 Å². The van der Waals surface area contributed by atoms with Crippen LogP contribution in [-0.4, -0.2) is 14.5 Å². The summed E-state index contributed by atoms with van der Waals surface area (Å²) in [7, 11) is -2.94. The Morgan fingerprint density at radius 3 is 2.25 bits per heavy atom. The summed E-state index contributed by atoms with van der Waals surface area (Å²) in [5.74, 6) is 0. The Balaban J connectivity index is 4.12. The molecule has 1 amide bonds. The third-order valence-corrected chi connectivity index (χ3v) is 0.513. The van der Waals surface area contributed by atoms with E-state index in [9.17, 15) is 17.7 Å². The van der Waals surface area contributed by atoms with E-state index in [1.54, 1.807) is 0 Å². The highest BCUT2D eigenvalue weighted by Crippen LogP contribution is 1.80. The van der Waals surface area contributed by atoms with Gasteiger partial charge in [0.15, 0.2) is 0 Å². The zero-order chi connectivity index (χ0) is 6.57. The van der Waals surface area contributed by atoms with Gasteiger partial charge in [0, 0.05) is 4.53 Å². The van der Waals surface area contributed by atoms with E-state index in [1.165, 1.54) is 0 Å². The minimum atomic E-state index is -2.94. The van der Waals surface area contributed by atoms with E-state index in [4.69, 9.17) is 0 Å². The summed E-state index contributed by atoms with van der Waals surface area (Å²) in [5, 5.41) is 0. The van der Waals surface area contributed by atoms with Crippen LogP contribution in [0, 0.1) is 0 Å². The molecule has 0 heterocycles. The molecule has 0 unspecified atom stereocenters. The van der Waals surface area contributed by atoms with Crippen LogP contribution in [0.15, 0.2) is 4.36 Å². The Labute approximate surface area is 44.7 Å². The predicted octanol–water partition coefficient (Wildman–Crippen LogP) is 0.0702. The molecule has 0 aromatic rings. The molecular weight excluding hydrogens is 141 g/mol. The fourth-order valence-corrected chi connectivity index (χ4v) is 0.225. The van der Waals surface area contributed by atoms with Gasteiger partial charge in [-0.3, -0.25) is 0 Å². The van der Waals surface area contributed by atoms with E-state index in [-0.39, 0.29) is 0 Å². The maximum Gasteiger partial charge on any atom is 0.485 e. The number of amides is 1. The van der Waals surface area contributed by atoms with Crippen LogP contribution >= 0.6 is 0 Å². The molecule has 8 heavy (non-hydrogen) atoms. The molecule has 0 spiro atoms. The summed E-state index contributed by atoms with van der Waals surface area (Å²) >= 11 is 0. The summed E-state index contributed by atoms with van der Waals surface area (Å²) in [6.07, 6.45) is -1.78. The van der Waals surface area contributed by atoms with Crippen LogP contribution in [0.4, 0.5) is 9.32 Å². The number of hydrogen-bond donors (Lipinski definition) is 0. The average molecular weight is 141 g/mol. The van der Waals surface area contributed by atoms with E-state index >= 15 is 0 Å². The van der Waals surface area contributed by atoms with Crippen LogP contribution in [0.5, 0.6) is 0 Å². The van der Waals surface area contributed by atoms with Gasteiger partial charge in [0.05, 0.1) is 0 Å². The minimum Gasteiger partial charge on any atom is -0.228 e. The van der Waals surface area contributed by atoms with Crippen molar-refractivity contribution in [3.63, 3.8) is 0 Å². The lowest BCUT2D eigenvalue weighted by Gasteiger charge is -1.71. The zero-order valence-corrected chi connectivity index (χ0v) is 4.18. The smallest absolute Gasteiger partial charge is 0.228 e. The van der Waals surface area contributed by atoms with Crippen molar-refractivity contribution in [3.8, 4) is 0 Å². The molecule has 0 rings (SSSR count). The molecule has 0 aromatic heterocycles. The zero-order valence-electron chi connectivity index (χ0n) is 3.37. The highest BCUT2D eigenvalue weighted by atomic mass is 32.2. The van der Waals surface area contributed by atoms with Crippen LogP contribution in [0.3, 0.4) is 0 Å². The van der Waals surface area contributed by atoms with Crippen LogP contribution in [0.1, 0.15) is 0 Å². The Morgan fingerprint density at radius 2 is 2.12 bits per heavy atom. The number of carbonyl (C=O) groups excluding carboxylic acids is 1. The molecular formula is CFNO4S. The number of halogens is 1. The summed E-state index contributed by atoms with van der Waals surface area (Å²) in [4.78, 5) is 11.8. The lowest BCUT2D eigenvalue weighted by Crippen LogP contribution is -1.85. The fourth-order valence-electron chi connectivity index (χ4n) is 0.0749. The molecule has 0 aliphatic rings. The van der Waals surface area contributed by atoms with Crippen LogP contribution in [0.2, 0.25) is 0 Å². The van der Waals surface area contributed by atoms with Crippen LogP contribution < -0.4 is 0 Å². The number of nitrogens with zero attached hydrogens (tertiary/aromatic N) is 1. The van der Waals surface area contributed by atoms with E-state index in [0.29, 0.717) is 0 Å². The third-order valence-electron chi connectivity index (χ3n) is 0.215.